The molecule has 6 rings (SSSR count). The van der Waals surface area contributed by atoms with Gasteiger partial charge in [-0.25, -0.2) is 9.78 Å². The van der Waals surface area contributed by atoms with Crippen LogP contribution in [0.25, 0.3) is 0 Å². The number of pyridine rings is 1. The van der Waals surface area contributed by atoms with Gasteiger partial charge in [0.25, 0.3) is 12.4 Å². The summed E-state index contributed by atoms with van der Waals surface area (Å²) in [6.07, 6.45) is 3.38. The number of nitrogens with one attached hydrogen (secondary N) is 2. The molecule has 4 aliphatic rings. The standard InChI is InChI=1S/C23H23ClN4O4.CH2O2/c24-17-3-1-2-12-6-15(9-16(12)17)25-14-7-13(8-14)19-10-28(23(30)32-19)20-5-4-18-22(26-20)27-21(29)11-31-18;2-1-3/h1-5,13-15,19,25H,6-11H2,(H,26,27,29);1H,(H,2,3). The summed E-state index contributed by atoms with van der Waals surface area (Å²) < 4.78 is 11.0. The third-order valence-electron chi connectivity index (χ3n) is 6.88. The van der Waals surface area contributed by atoms with Crippen LogP contribution in [0.1, 0.15) is 24.0 Å². The second-order valence-electron chi connectivity index (χ2n) is 9.07. The SMILES string of the molecule is O=C1COc2ccc(N3CC(C4CC(NC5Cc6cccc(Cl)c6C5)C4)OC3=O)nc2N1.O=CO. The lowest BCUT2D eigenvalue weighted by atomic mass is 9.76. The molecule has 3 N–H and O–H groups in total. The van der Waals surface area contributed by atoms with Gasteiger partial charge in [-0.15, -0.1) is 0 Å². The van der Waals surface area contributed by atoms with Gasteiger partial charge in [-0.3, -0.25) is 14.5 Å². The molecule has 184 valence electrons. The molecular weight excluding hydrogens is 476 g/mol. The summed E-state index contributed by atoms with van der Waals surface area (Å²) in [7, 11) is 0. The summed E-state index contributed by atoms with van der Waals surface area (Å²) in [6, 6.07) is 10.4. The Morgan fingerprint density at radius 2 is 1.97 bits per heavy atom. The number of hydrogen-bond donors (Lipinski definition) is 3. The van der Waals surface area contributed by atoms with Gasteiger partial charge < -0.3 is 25.2 Å². The number of aromatic nitrogens is 1. The van der Waals surface area contributed by atoms with Crippen LogP contribution in [0.15, 0.2) is 30.3 Å². The number of carbonyl (C=O) groups excluding carboxylic acids is 2. The Balaban J connectivity index is 0.000000806. The van der Waals surface area contributed by atoms with Gasteiger partial charge in [-0.05, 0) is 55.0 Å². The molecule has 11 heteroatoms. The van der Waals surface area contributed by atoms with E-state index in [4.69, 9.17) is 31.0 Å². The zero-order valence-corrected chi connectivity index (χ0v) is 19.5. The highest BCUT2D eigenvalue weighted by atomic mass is 35.5. The minimum Gasteiger partial charge on any atom is -0.483 e. The van der Waals surface area contributed by atoms with E-state index in [1.54, 1.807) is 12.1 Å². The Labute approximate surface area is 206 Å². The van der Waals surface area contributed by atoms with Crippen LogP contribution < -0.4 is 20.3 Å². The lowest BCUT2D eigenvalue weighted by molar-refractivity contribution is -0.123. The molecule has 0 bridgehead atoms. The average molecular weight is 501 g/mol. The summed E-state index contributed by atoms with van der Waals surface area (Å²) in [5.41, 5.74) is 2.60. The van der Waals surface area contributed by atoms with E-state index < -0.39 is 6.09 Å². The highest BCUT2D eigenvalue weighted by Crippen LogP contribution is 2.38. The minimum atomic E-state index is -0.400. The molecule has 1 aromatic carbocycles. The summed E-state index contributed by atoms with van der Waals surface area (Å²) in [6.45, 7) is 0.181. The Hall–Kier alpha value is -3.37. The predicted octanol–water partition coefficient (Wildman–Crippen LogP) is 2.63. The Morgan fingerprint density at radius 3 is 2.74 bits per heavy atom. The van der Waals surface area contributed by atoms with Crippen molar-refractivity contribution in [3.05, 3.63) is 46.5 Å². The number of halogens is 1. The van der Waals surface area contributed by atoms with Crippen molar-refractivity contribution in [3.63, 3.8) is 0 Å². The molecule has 3 heterocycles. The van der Waals surface area contributed by atoms with E-state index in [9.17, 15) is 9.59 Å². The quantitative estimate of drug-likeness (QED) is 0.546. The van der Waals surface area contributed by atoms with Crippen molar-refractivity contribution < 1.29 is 29.0 Å². The minimum absolute atomic E-state index is 0.0290. The van der Waals surface area contributed by atoms with Gasteiger partial charge in [0.1, 0.15) is 11.9 Å². The van der Waals surface area contributed by atoms with Gasteiger partial charge >= 0.3 is 6.09 Å². The first kappa shape index (κ1) is 23.4. The van der Waals surface area contributed by atoms with E-state index in [0.29, 0.717) is 41.9 Å². The molecule has 35 heavy (non-hydrogen) atoms. The van der Waals surface area contributed by atoms with Crippen LogP contribution in [-0.2, 0) is 27.2 Å². The van der Waals surface area contributed by atoms with Gasteiger partial charge in [0, 0.05) is 23.0 Å². The monoisotopic (exact) mass is 500 g/mol. The lowest BCUT2D eigenvalue weighted by Gasteiger charge is -2.39. The van der Waals surface area contributed by atoms with E-state index in [1.165, 1.54) is 16.0 Å². The molecule has 1 saturated carbocycles. The topological polar surface area (TPSA) is 130 Å². The molecule has 2 amide bonds. The number of amides is 2. The van der Waals surface area contributed by atoms with Gasteiger partial charge in [0.05, 0.1) is 6.54 Å². The third-order valence-corrected chi connectivity index (χ3v) is 7.23. The largest absolute Gasteiger partial charge is 0.483 e. The van der Waals surface area contributed by atoms with Crippen molar-refractivity contribution >= 4 is 41.7 Å². The van der Waals surface area contributed by atoms with Crippen LogP contribution in [-0.4, -0.2) is 59.9 Å². The molecule has 2 unspecified atom stereocenters. The van der Waals surface area contributed by atoms with Crippen LogP contribution in [0.3, 0.4) is 0 Å². The fourth-order valence-electron chi connectivity index (χ4n) is 5.18. The fourth-order valence-corrected chi connectivity index (χ4v) is 5.45. The van der Waals surface area contributed by atoms with E-state index in [0.717, 1.165) is 30.7 Å². The molecule has 0 spiro atoms. The summed E-state index contributed by atoms with van der Waals surface area (Å²) >= 11 is 6.34. The fraction of sp³-hybridized carbons (Fsp3) is 0.417. The average Bonchev–Trinajstić information content (AvgIpc) is 3.40. The summed E-state index contributed by atoms with van der Waals surface area (Å²) in [5, 5.41) is 14.2. The molecule has 10 nitrogen and oxygen atoms in total. The van der Waals surface area contributed by atoms with Gasteiger partial charge in [0.15, 0.2) is 18.2 Å². The number of hydrogen-bond acceptors (Lipinski definition) is 7. The van der Waals surface area contributed by atoms with Crippen molar-refractivity contribution in [2.45, 2.75) is 43.9 Å². The first-order chi connectivity index (χ1) is 16.9. The van der Waals surface area contributed by atoms with Crippen molar-refractivity contribution in [2.24, 2.45) is 5.92 Å². The second kappa shape index (κ2) is 9.71. The van der Waals surface area contributed by atoms with Gasteiger partial charge in [0.2, 0.25) is 0 Å². The molecule has 1 aromatic heterocycles. The molecule has 0 radical (unpaired) electrons. The van der Waals surface area contributed by atoms with Crippen molar-refractivity contribution in [3.8, 4) is 5.75 Å². The number of fused-ring (bicyclic) bond motifs is 2. The van der Waals surface area contributed by atoms with Gasteiger partial charge in [-0.1, -0.05) is 23.7 Å². The maximum absolute atomic E-state index is 12.5. The Morgan fingerprint density at radius 1 is 1.17 bits per heavy atom. The first-order valence-electron chi connectivity index (χ1n) is 11.5. The molecule has 2 aromatic rings. The van der Waals surface area contributed by atoms with Crippen molar-refractivity contribution in [2.75, 3.05) is 23.4 Å². The maximum Gasteiger partial charge on any atom is 0.415 e. The molecule has 2 aliphatic heterocycles. The van der Waals surface area contributed by atoms with E-state index >= 15 is 0 Å². The Kier molecular flexibility index (Phi) is 6.48. The zero-order chi connectivity index (χ0) is 24.5. The summed E-state index contributed by atoms with van der Waals surface area (Å²) in [5.74, 6) is 1.36. The zero-order valence-electron chi connectivity index (χ0n) is 18.8. The van der Waals surface area contributed by atoms with Crippen LogP contribution in [0.4, 0.5) is 16.4 Å². The molecule has 2 atom stereocenters. The highest BCUT2D eigenvalue weighted by Gasteiger charge is 2.44. The number of benzene rings is 1. The van der Waals surface area contributed by atoms with E-state index in [2.05, 4.69) is 21.7 Å². The van der Waals surface area contributed by atoms with Gasteiger partial charge in [-0.2, -0.15) is 0 Å². The lowest BCUT2D eigenvalue weighted by Crippen LogP contribution is -2.50. The van der Waals surface area contributed by atoms with Crippen LogP contribution in [0.2, 0.25) is 5.02 Å². The number of carboxylic acid groups (broad SMARTS) is 1. The molecule has 1 saturated heterocycles. The Bertz CT molecular complexity index is 1150. The smallest absolute Gasteiger partial charge is 0.415 e. The number of cyclic esters (lactones) is 1. The maximum atomic E-state index is 12.5. The van der Waals surface area contributed by atoms with Crippen molar-refractivity contribution in [1.82, 2.24) is 10.3 Å². The molecule has 2 aliphatic carbocycles. The number of rotatable bonds is 4. The molecular formula is C24H25ClN4O6. The number of ether oxygens (including phenoxy) is 2. The van der Waals surface area contributed by atoms with E-state index in [-0.39, 0.29) is 25.1 Å². The van der Waals surface area contributed by atoms with Crippen molar-refractivity contribution in [1.29, 1.82) is 0 Å². The predicted molar refractivity (Wildman–Crippen MR) is 127 cm³/mol. The second-order valence-corrected chi connectivity index (χ2v) is 9.48. The van der Waals surface area contributed by atoms with Crippen LogP contribution in [0, 0.1) is 5.92 Å². The summed E-state index contributed by atoms with van der Waals surface area (Å²) in [4.78, 5) is 38.3. The normalized spacial score (nSPS) is 26.3. The molecule has 2 fully saturated rings. The number of nitrogens with zero attached hydrogens (tertiary/aromatic N) is 2. The number of carbonyl (C=O) groups is 3. The van der Waals surface area contributed by atoms with Crippen LogP contribution in [0.5, 0.6) is 5.75 Å². The van der Waals surface area contributed by atoms with E-state index in [1.807, 2.05) is 12.1 Å². The first-order valence-corrected chi connectivity index (χ1v) is 11.8. The third kappa shape index (κ3) is 4.76. The van der Waals surface area contributed by atoms with Crippen LogP contribution >= 0.6 is 11.6 Å². The highest BCUT2D eigenvalue weighted by molar-refractivity contribution is 6.31. The number of anilines is 2.